The summed E-state index contributed by atoms with van der Waals surface area (Å²) in [5.41, 5.74) is 2.32. The van der Waals surface area contributed by atoms with Crippen LogP contribution in [0.3, 0.4) is 0 Å². The first-order chi connectivity index (χ1) is 13.9. The van der Waals surface area contributed by atoms with E-state index in [4.69, 9.17) is 0 Å². The number of hydrogen-bond acceptors (Lipinski definition) is 4. The van der Waals surface area contributed by atoms with Gasteiger partial charge >= 0.3 is 5.97 Å². The SMILES string of the molecule is O=C(O)[C@@H](CCc1ccccc1)NS(=O)(=O)c1ccc2c3c(sc2c1)CCCC3. The van der Waals surface area contributed by atoms with Crippen LogP contribution in [-0.4, -0.2) is 25.5 Å². The van der Waals surface area contributed by atoms with Crippen molar-refractivity contribution >= 4 is 37.4 Å². The van der Waals surface area contributed by atoms with Crippen LogP contribution in [0.1, 0.15) is 35.3 Å². The van der Waals surface area contributed by atoms with E-state index in [1.54, 1.807) is 23.5 Å². The number of sulfonamides is 1. The quantitative estimate of drug-likeness (QED) is 0.591. The molecule has 2 aromatic carbocycles. The van der Waals surface area contributed by atoms with Gasteiger partial charge in [-0.2, -0.15) is 4.72 Å². The maximum absolute atomic E-state index is 12.9. The van der Waals surface area contributed by atoms with Crippen LogP contribution >= 0.6 is 11.3 Å². The van der Waals surface area contributed by atoms with Gasteiger partial charge in [0.2, 0.25) is 10.0 Å². The van der Waals surface area contributed by atoms with Gasteiger partial charge in [-0.25, -0.2) is 8.42 Å². The lowest BCUT2D eigenvalue weighted by atomic mass is 9.96. The second-order valence-corrected chi connectivity index (χ2v) is 10.3. The van der Waals surface area contributed by atoms with Crippen LogP contribution in [0.15, 0.2) is 53.4 Å². The smallest absolute Gasteiger partial charge is 0.321 e. The number of nitrogens with one attached hydrogen (secondary N) is 1. The lowest BCUT2D eigenvalue weighted by molar-refractivity contribution is -0.139. The summed E-state index contributed by atoms with van der Waals surface area (Å²) in [5, 5.41) is 10.6. The maximum Gasteiger partial charge on any atom is 0.321 e. The van der Waals surface area contributed by atoms with Gasteiger partial charge in [0.25, 0.3) is 0 Å². The molecule has 0 saturated heterocycles. The van der Waals surface area contributed by atoms with Gasteiger partial charge in [-0.05, 0) is 67.2 Å². The Labute approximate surface area is 174 Å². The van der Waals surface area contributed by atoms with Crippen molar-refractivity contribution in [3.8, 4) is 0 Å². The molecule has 4 rings (SSSR count). The molecular weight excluding hydrogens is 406 g/mol. The van der Waals surface area contributed by atoms with Crippen molar-refractivity contribution in [1.29, 1.82) is 0 Å². The minimum atomic E-state index is -3.93. The van der Waals surface area contributed by atoms with Gasteiger partial charge in [0.15, 0.2) is 0 Å². The van der Waals surface area contributed by atoms with E-state index in [1.807, 2.05) is 36.4 Å². The van der Waals surface area contributed by atoms with Gasteiger partial charge in [0.05, 0.1) is 4.90 Å². The molecular formula is C22H23NO4S2. The molecule has 1 aromatic heterocycles. The molecule has 0 saturated carbocycles. The van der Waals surface area contributed by atoms with E-state index < -0.39 is 22.0 Å². The van der Waals surface area contributed by atoms with E-state index in [2.05, 4.69) is 4.72 Å². The number of aliphatic carboxylic acids is 1. The third kappa shape index (κ3) is 4.37. The normalized spacial score (nSPS) is 15.2. The highest BCUT2D eigenvalue weighted by atomic mass is 32.2. The number of aryl methyl sites for hydroxylation is 3. The maximum atomic E-state index is 12.9. The molecule has 3 aromatic rings. The highest BCUT2D eigenvalue weighted by Crippen LogP contribution is 2.37. The van der Waals surface area contributed by atoms with Crippen LogP contribution in [0.2, 0.25) is 0 Å². The molecule has 5 nitrogen and oxygen atoms in total. The van der Waals surface area contributed by atoms with E-state index in [0.29, 0.717) is 6.42 Å². The van der Waals surface area contributed by atoms with E-state index in [0.717, 1.165) is 28.5 Å². The van der Waals surface area contributed by atoms with Crippen LogP contribution in [0, 0.1) is 0 Å². The van der Waals surface area contributed by atoms with Crippen molar-refractivity contribution < 1.29 is 18.3 Å². The van der Waals surface area contributed by atoms with Crippen LogP contribution in [-0.2, 0) is 34.1 Å². The van der Waals surface area contributed by atoms with E-state index in [1.165, 1.54) is 23.3 Å². The molecule has 0 amide bonds. The number of fused-ring (bicyclic) bond motifs is 3. The lowest BCUT2D eigenvalue weighted by Gasteiger charge is -2.15. The van der Waals surface area contributed by atoms with Gasteiger partial charge in [0, 0.05) is 9.58 Å². The minimum absolute atomic E-state index is 0.120. The number of benzene rings is 2. The van der Waals surface area contributed by atoms with Crippen LogP contribution < -0.4 is 4.72 Å². The van der Waals surface area contributed by atoms with Crippen molar-refractivity contribution in [3.63, 3.8) is 0 Å². The predicted molar refractivity (Wildman–Crippen MR) is 115 cm³/mol. The molecule has 1 aliphatic rings. The first-order valence-corrected chi connectivity index (χ1v) is 12.1. The average Bonchev–Trinajstić information content (AvgIpc) is 3.09. The zero-order valence-corrected chi connectivity index (χ0v) is 17.6. The first-order valence-electron chi connectivity index (χ1n) is 9.77. The van der Waals surface area contributed by atoms with Crippen molar-refractivity contribution in [2.75, 3.05) is 0 Å². The van der Waals surface area contributed by atoms with Crippen LogP contribution in [0.4, 0.5) is 0 Å². The number of carboxylic acids is 1. The summed E-state index contributed by atoms with van der Waals surface area (Å²) in [4.78, 5) is 13.1. The molecule has 1 aliphatic carbocycles. The zero-order valence-electron chi connectivity index (χ0n) is 15.9. The Hall–Kier alpha value is -2.22. The molecule has 0 fully saturated rings. The summed E-state index contributed by atoms with van der Waals surface area (Å²) in [5.74, 6) is -1.17. The number of carboxylic acid groups (broad SMARTS) is 1. The molecule has 1 heterocycles. The minimum Gasteiger partial charge on any atom is -0.480 e. The van der Waals surface area contributed by atoms with Crippen molar-refractivity contribution in [2.45, 2.75) is 49.5 Å². The number of hydrogen-bond donors (Lipinski definition) is 2. The topological polar surface area (TPSA) is 83.5 Å². The Morgan fingerprint density at radius 3 is 2.62 bits per heavy atom. The van der Waals surface area contributed by atoms with Gasteiger partial charge < -0.3 is 5.11 Å². The lowest BCUT2D eigenvalue weighted by Crippen LogP contribution is -2.41. The highest BCUT2D eigenvalue weighted by molar-refractivity contribution is 7.89. The Morgan fingerprint density at radius 2 is 1.86 bits per heavy atom. The monoisotopic (exact) mass is 429 g/mol. The fourth-order valence-corrected chi connectivity index (χ4v) is 6.51. The number of rotatable bonds is 7. The summed E-state index contributed by atoms with van der Waals surface area (Å²) in [6, 6.07) is 13.4. The number of thiophene rings is 1. The third-order valence-electron chi connectivity index (χ3n) is 5.40. The molecule has 0 aliphatic heterocycles. The molecule has 0 bridgehead atoms. The molecule has 0 radical (unpaired) electrons. The fraction of sp³-hybridized carbons (Fsp3) is 0.318. The summed E-state index contributed by atoms with van der Waals surface area (Å²) in [6.07, 6.45) is 5.11. The molecule has 2 N–H and O–H groups in total. The third-order valence-corrected chi connectivity index (χ3v) is 8.12. The van der Waals surface area contributed by atoms with E-state index in [-0.39, 0.29) is 11.3 Å². The summed E-state index contributed by atoms with van der Waals surface area (Å²) in [7, 11) is -3.93. The second-order valence-electron chi connectivity index (χ2n) is 7.41. The van der Waals surface area contributed by atoms with E-state index >= 15 is 0 Å². The predicted octanol–water partition coefficient (Wildman–Crippen LogP) is 4.14. The zero-order chi connectivity index (χ0) is 20.4. The van der Waals surface area contributed by atoms with Gasteiger partial charge in [-0.15, -0.1) is 11.3 Å². The molecule has 1 atom stereocenters. The second kappa shape index (κ2) is 8.26. The molecule has 7 heteroatoms. The van der Waals surface area contributed by atoms with Crippen molar-refractivity contribution in [3.05, 3.63) is 64.5 Å². The first kappa shape index (κ1) is 20.1. The Balaban J connectivity index is 1.55. The highest BCUT2D eigenvalue weighted by Gasteiger charge is 2.26. The Bertz CT molecular complexity index is 1140. The van der Waals surface area contributed by atoms with Gasteiger partial charge in [-0.1, -0.05) is 36.4 Å². The molecule has 0 unspecified atom stereocenters. The average molecular weight is 430 g/mol. The molecule has 29 heavy (non-hydrogen) atoms. The standard InChI is InChI=1S/C22H23NO4S2/c24-22(25)19(13-10-15-6-2-1-3-7-15)23-29(26,27)16-11-12-18-17-8-4-5-9-20(17)28-21(18)14-16/h1-3,6-7,11-12,14,19,23H,4-5,8-10,13H2,(H,24,25)/t19-/m1/s1. The van der Waals surface area contributed by atoms with Crippen LogP contribution in [0.25, 0.3) is 10.1 Å². The summed E-state index contributed by atoms with van der Waals surface area (Å²) < 4.78 is 29.1. The molecule has 152 valence electrons. The van der Waals surface area contributed by atoms with Gasteiger partial charge in [-0.3, -0.25) is 4.79 Å². The number of carbonyl (C=O) groups is 1. The molecule has 0 spiro atoms. The largest absolute Gasteiger partial charge is 0.480 e. The Morgan fingerprint density at radius 1 is 1.10 bits per heavy atom. The van der Waals surface area contributed by atoms with E-state index in [9.17, 15) is 18.3 Å². The van der Waals surface area contributed by atoms with Crippen molar-refractivity contribution in [1.82, 2.24) is 4.72 Å². The van der Waals surface area contributed by atoms with Gasteiger partial charge in [0.1, 0.15) is 6.04 Å². The summed E-state index contributed by atoms with van der Waals surface area (Å²) >= 11 is 1.65. The van der Waals surface area contributed by atoms with Crippen molar-refractivity contribution in [2.24, 2.45) is 0 Å². The Kier molecular flexibility index (Phi) is 5.72. The van der Waals surface area contributed by atoms with Crippen LogP contribution in [0.5, 0.6) is 0 Å². The summed E-state index contributed by atoms with van der Waals surface area (Å²) in [6.45, 7) is 0. The fourth-order valence-electron chi connectivity index (χ4n) is 3.86.